The number of nitrogens with one attached hydrogen (secondary N) is 1. The van der Waals surface area contributed by atoms with Gasteiger partial charge in [0.2, 0.25) is 0 Å². The molecule has 6 nitrogen and oxygen atoms in total. The number of hydrogen-bond donors (Lipinski definition) is 1. The molecule has 1 amide bonds. The fraction of sp³-hybridized carbons (Fsp3) is 0.625. The van der Waals surface area contributed by atoms with Crippen molar-refractivity contribution < 1.29 is 4.79 Å². The van der Waals surface area contributed by atoms with Crippen molar-refractivity contribution in [2.45, 2.75) is 0 Å². The average Bonchev–Trinajstić information content (AvgIpc) is 2.71. The third-order valence-electron chi connectivity index (χ3n) is 2.42. The van der Waals surface area contributed by atoms with E-state index in [1.165, 1.54) is 6.20 Å². The molecule has 1 aliphatic heterocycles. The van der Waals surface area contributed by atoms with Crippen molar-refractivity contribution >= 4 is 5.91 Å². The molecular formula is C8H13N5O. The summed E-state index contributed by atoms with van der Waals surface area (Å²) in [5, 5.41) is 9.83. The summed E-state index contributed by atoms with van der Waals surface area (Å²) >= 11 is 0. The number of hydrogen-bond acceptors (Lipinski definition) is 4. The Morgan fingerprint density at radius 3 is 2.71 bits per heavy atom. The largest absolute Gasteiger partial charge is 0.335 e. The number of carbonyl (C=O) groups is 1. The van der Waals surface area contributed by atoms with Crippen LogP contribution in [0, 0.1) is 0 Å². The number of amides is 1. The van der Waals surface area contributed by atoms with Gasteiger partial charge in [0.25, 0.3) is 5.91 Å². The summed E-state index contributed by atoms with van der Waals surface area (Å²) in [4.78, 5) is 15.8. The number of aromatic nitrogens is 3. The zero-order chi connectivity index (χ0) is 9.97. The Morgan fingerprint density at radius 1 is 1.43 bits per heavy atom. The van der Waals surface area contributed by atoms with E-state index in [1.807, 2.05) is 0 Å². The van der Waals surface area contributed by atoms with Crippen molar-refractivity contribution in [3.63, 3.8) is 0 Å². The summed E-state index contributed by atoms with van der Waals surface area (Å²) in [5.74, 6) is -0.0353. The second-order valence-electron chi connectivity index (χ2n) is 3.45. The van der Waals surface area contributed by atoms with Gasteiger partial charge in [-0.2, -0.15) is 15.4 Å². The van der Waals surface area contributed by atoms with Crippen molar-refractivity contribution in [1.82, 2.24) is 25.2 Å². The molecule has 0 saturated carbocycles. The van der Waals surface area contributed by atoms with Crippen LogP contribution in [0.1, 0.15) is 10.5 Å². The van der Waals surface area contributed by atoms with Crippen LogP contribution in [0.3, 0.4) is 0 Å². The first-order valence-electron chi connectivity index (χ1n) is 4.61. The van der Waals surface area contributed by atoms with Crippen molar-refractivity contribution in [2.75, 3.05) is 33.2 Å². The van der Waals surface area contributed by atoms with Crippen LogP contribution in [0.5, 0.6) is 0 Å². The highest BCUT2D eigenvalue weighted by molar-refractivity contribution is 5.91. The molecule has 1 N–H and O–H groups in total. The third kappa shape index (κ3) is 1.74. The van der Waals surface area contributed by atoms with Gasteiger partial charge in [0, 0.05) is 26.2 Å². The van der Waals surface area contributed by atoms with Gasteiger partial charge in [-0.05, 0) is 7.05 Å². The minimum absolute atomic E-state index is 0.0353. The lowest BCUT2D eigenvalue weighted by atomic mass is 10.3. The van der Waals surface area contributed by atoms with E-state index in [0.29, 0.717) is 5.69 Å². The summed E-state index contributed by atoms with van der Waals surface area (Å²) < 4.78 is 0. The smallest absolute Gasteiger partial charge is 0.276 e. The maximum atomic E-state index is 11.8. The van der Waals surface area contributed by atoms with Gasteiger partial charge in [-0.1, -0.05) is 0 Å². The highest BCUT2D eigenvalue weighted by atomic mass is 16.2. The lowest BCUT2D eigenvalue weighted by Gasteiger charge is -2.31. The number of carbonyl (C=O) groups excluding carboxylic acids is 1. The second-order valence-corrected chi connectivity index (χ2v) is 3.45. The minimum Gasteiger partial charge on any atom is -0.335 e. The first-order chi connectivity index (χ1) is 6.77. The number of H-pyrrole nitrogens is 1. The normalized spacial score (nSPS) is 18.5. The first kappa shape index (κ1) is 9.14. The van der Waals surface area contributed by atoms with Crippen molar-refractivity contribution in [1.29, 1.82) is 0 Å². The van der Waals surface area contributed by atoms with E-state index in [9.17, 15) is 4.79 Å². The molecule has 1 aliphatic rings. The van der Waals surface area contributed by atoms with Gasteiger partial charge >= 0.3 is 0 Å². The number of nitrogens with zero attached hydrogens (tertiary/aromatic N) is 4. The van der Waals surface area contributed by atoms with Gasteiger partial charge < -0.3 is 9.80 Å². The second kappa shape index (κ2) is 3.75. The topological polar surface area (TPSA) is 65.1 Å². The van der Waals surface area contributed by atoms with Gasteiger partial charge in [-0.25, -0.2) is 0 Å². The number of rotatable bonds is 1. The lowest BCUT2D eigenvalue weighted by molar-refractivity contribution is 0.0658. The predicted molar refractivity (Wildman–Crippen MR) is 49.8 cm³/mol. The Morgan fingerprint density at radius 2 is 2.14 bits per heavy atom. The molecule has 0 bridgehead atoms. The Kier molecular flexibility index (Phi) is 2.45. The van der Waals surface area contributed by atoms with Gasteiger partial charge in [-0.15, -0.1) is 0 Å². The summed E-state index contributed by atoms with van der Waals surface area (Å²) in [5.41, 5.74) is 0.398. The van der Waals surface area contributed by atoms with E-state index in [1.54, 1.807) is 4.90 Å². The predicted octanol–water partition coefficient (Wildman–Crippen LogP) is -0.808. The van der Waals surface area contributed by atoms with Gasteiger partial charge in [0.15, 0.2) is 5.69 Å². The number of likely N-dealkylation sites (N-methyl/N-ethyl adjacent to an activating group) is 1. The molecule has 1 aromatic rings. The Bertz CT molecular complexity index is 302. The molecule has 6 heteroatoms. The van der Waals surface area contributed by atoms with Crippen LogP contribution in [0.15, 0.2) is 6.20 Å². The van der Waals surface area contributed by atoms with Crippen LogP contribution in [-0.2, 0) is 0 Å². The average molecular weight is 195 g/mol. The van der Waals surface area contributed by atoms with E-state index < -0.39 is 0 Å². The van der Waals surface area contributed by atoms with Crippen LogP contribution in [0.2, 0.25) is 0 Å². The SMILES string of the molecule is CN1CCN(C(=O)c2cn[nH]n2)CC1. The minimum atomic E-state index is -0.0353. The summed E-state index contributed by atoms with van der Waals surface area (Å²) in [7, 11) is 2.05. The molecular weight excluding hydrogens is 182 g/mol. The molecule has 2 rings (SSSR count). The molecule has 0 unspecified atom stereocenters. The van der Waals surface area contributed by atoms with E-state index in [2.05, 4.69) is 27.4 Å². The maximum Gasteiger partial charge on any atom is 0.276 e. The fourth-order valence-electron chi connectivity index (χ4n) is 1.48. The first-order valence-corrected chi connectivity index (χ1v) is 4.61. The highest BCUT2D eigenvalue weighted by Gasteiger charge is 2.21. The molecule has 0 aliphatic carbocycles. The standard InChI is InChI=1S/C8H13N5O/c1-12-2-4-13(5-3-12)8(14)7-6-9-11-10-7/h6H,2-5H2,1H3,(H,9,10,11). The lowest BCUT2D eigenvalue weighted by Crippen LogP contribution is -2.47. The zero-order valence-electron chi connectivity index (χ0n) is 8.10. The Labute approximate surface area is 81.9 Å². The zero-order valence-corrected chi connectivity index (χ0v) is 8.10. The van der Waals surface area contributed by atoms with E-state index in [0.717, 1.165) is 26.2 Å². The van der Waals surface area contributed by atoms with Crippen LogP contribution in [0.25, 0.3) is 0 Å². The number of piperazine rings is 1. The quantitative estimate of drug-likeness (QED) is 0.636. The highest BCUT2D eigenvalue weighted by Crippen LogP contribution is 2.03. The Hall–Kier alpha value is -1.43. The molecule has 1 saturated heterocycles. The van der Waals surface area contributed by atoms with Gasteiger partial charge in [0.1, 0.15) is 0 Å². The molecule has 1 aromatic heterocycles. The number of aromatic amines is 1. The van der Waals surface area contributed by atoms with Crippen LogP contribution < -0.4 is 0 Å². The van der Waals surface area contributed by atoms with E-state index in [-0.39, 0.29) is 5.91 Å². The van der Waals surface area contributed by atoms with Crippen molar-refractivity contribution in [3.8, 4) is 0 Å². The molecule has 14 heavy (non-hydrogen) atoms. The molecule has 0 aromatic carbocycles. The monoisotopic (exact) mass is 195 g/mol. The molecule has 0 spiro atoms. The van der Waals surface area contributed by atoms with E-state index in [4.69, 9.17) is 0 Å². The maximum absolute atomic E-state index is 11.8. The van der Waals surface area contributed by atoms with Gasteiger partial charge in [0.05, 0.1) is 6.20 Å². The summed E-state index contributed by atoms with van der Waals surface area (Å²) in [6.07, 6.45) is 1.46. The van der Waals surface area contributed by atoms with Crippen molar-refractivity contribution in [2.24, 2.45) is 0 Å². The fourth-order valence-corrected chi connectivity index (χ4v) is 1.48. The van der Waals surface area contributed by atoms with Crippen LogP contribution >= 0.6 is 0 Å². The molecule has 0 atom stereocenters. The summed E-state index contributed by atoms with van der Waals surface area (Å²) in [6, 6.07) is 0. The van der Waals surface area contributed by atoms with E-state index >= 15 is 0 Å². The Balaban J connectivity index is 1.99. The van der Waals surface area contributed by atoms with Crippen molar-refractivity contribution in [3.05, 3.63) is 11.9 Å². The molecule has 1 fully saturated rings. The molecule has 76 valence electrons. The third-order valence-corrected chi connectivity index (χ3v) is 2.42. The molecule has 2 heterocycles. The van der Waals surface area contributed by atoms with Crippen LogP contribution in [0.4, 0.5) is 0 Å². The van der Waals surface area contributed by atoms with Crippen LogP contribution in [-0.4, -0.2) is 64.3 Å². The summed E-state index contributed by atoms with van der Waals surface area (Å²) in [6.45, 7) is 3.37. The molecule has 0 radical (unpaired) electrons. The van der Waals surface area contributed by atoms with Gasteiger partial charge in [-0.3, -0.25) is 4.79 Å².